The predicted octanol–water partition coefficient (Wildman–Crippen LogP) is 2.32. The summed E-state index contributed by atoms with van der Waals surface area (Å²) in [6.45, 7) is 1.89. The SMILES string of the molecule is O=C(/C=C/N1CCCC1)c1cc(F)ccc1O. The molecule has 1 N–H and O–H groups in total. The van der Waals surface area contributed by atoms with Gasteiger partial charge in [-0.05, 0) is 31.0 Å². The first-order valence-corrected chi connectivity index (χ1v) is 5.62. The van der Waals surface area contributed by atoms with Crippen molar-refractivity contribution < 1.29 is 14.3 Å². The number of carbonyl (C=O) groups is 1. The van der Waals surface area contributed by atoms with Crippen molar-refractivity contribution in [3.05, 3.63) is 41.9 Å². The number of allylic oxidation sites excluding steroid dienone is 1. The Morgan fingerprint density at radius 2 is 2.06 bits per heavy atom. The lowest BCUT2D eigenvalue weighted by Gasteiger charge is -2.09. The minimum atomic E-state index is -0.527. The number of phenols is 1. The number of ketones is 1. The van der Waals surface area contributed by atoms with Gasteiger partial charge in [0, 0.05) is 25.4 Å². The van der Waals surface area contributed by atoms with Crippen molar-refractivity contribution in [1.29, 1.82) is 0 Å². The van der Waals surface area contributed by atoms with Gasteiger partial charge in [-0.1, -0.05) is 0 Å². The highest BCUT2D eigenvalue weighted by atomic mass is 19.1. The second-order valence-corrected chi connectivity index (χ2v) is 4.08. The van der Waals surface area contributed by atoms with E-state index in [9.17, 15) is 14.3 Å². The molecule has 1 aromatic carbocycles. The van der Waals surface area contributed by atoms with Gasteiger partial charge >= 0.3 is 0 Å². The third-order valence-corrected chi connectivity index (χ3v) is 2.80. The van der Waals surface area contributed by atoms with Crippen LogP contribution in [0.2, 0.25) is 0 Å². The van der Waals surface area contributed by atoms with E-state index in [0.717, 1.165) is 38.1 Å². The zero-order chi connectivity index (χ0) is 12.3. The normalized spacial score (nSPS) is 15.7. The number of nitrogens with zero attached hydrogens (tertiary/aromatic N) is 1. The molecule has 0 atom stereocenters. The molecule has 1 fully saturated rings. The Morgan fingerprint density at radius 1 is 1.35 bits per heavy atom. The summed E-state index contributed by atoms with van der Waals surface area (Å²) in [5.74, 6) is -1.10. The Morgan fingerprint density at radius 3 is 2.76 bits per heavy atom. The minimum Gasteiger partial charge on any atom is -0.507 e. The summed E-state index contributed by atoms with van der Waals surface area (Å²) >= 11 is 0. The fraction of sp³-hybridized carbons (Fsp3) is 0.308. The summed E-state index contributed by atoms with van der Waals surface area (Å²) in [5, 5.41) is 9.46. The number of aromatic hydroxyl groups is 1. The van der Waals surface area contributed by atoms with Crippen LogP contribution < -0.4 is 0 Å². The zero-order valence-corrected chi connectivity index (χ0v) is 9.40. The van der Waals surface area contributed by atoms with Crippen LogP contribution in [0.15, 0.2) is 30.5 Å². The van der Waals surface area contributed by atoms with Gasteiger partial charge in [-0.3, -0.25) is 4.79 Å². The number of benzene rings is 1. The van der Waals surface area contributed by atoms with Gasteiger partial charge in [0.15, 0.2) is 5.78 Å². The van der Waals surface area contributed by atoms with Crippen LogP contribution in [0.1, 0.15) is 23.2 Å². The molecular weight excluding hydrogens is 221 g/mol. The maximum Gasteiger partial charge on any atom is 0.191 e. The van der Waals surface area contributed by atoms with Gasteiger partial charge in [0.05, 0.1) is 5.56 Å². The molecule has 90 valence electrons. The number of rotatable bonds is 3. The number of hydrogen-bond donors (Lipinski definition) is 1. The summed E-state index contributed by atoms with van der Waals surface area (Å²) in [6, 6.07) is 3.36. The molecule has 1 aliphatic heterocycles. The second kappa shape index (κ2) is 4.99. The molecule has 3 nitrogen and oxygen atoms in total. The topological polar surface area (TPSA) is 40.5 Å². The van der Waals surface area contributed by atoms with Crippen LogP contribution in [0.4, 0.5) is 4.39 Å². The van der Waals surface area contributed by atoms with Crippen LogP contribution in [-0.2, 0) is 0 Å². The van der Waals surface area contributed by atoms with Crippen LogP contribution in [0.5, 0.6) is 5.75 Å². The highest BCUT2D eigenvalue weighted by Crippen LogP contribution is 2.19. The van der Waals surface area contributed by atoms with Crippen molar-refractivity contribution in [1.82, 2.24) is 4.90 Å². The second-order valence-electron chi connectivity index (χ2n) is 4.08. The predicted molar refractivity (Wildman–Crippen MR) is 62.3 cm³/mol. The lowest BCUT2D eigenvalue weighted by molar-refractivity contribution is 0.104. The fourth-order valence-electron chi connectivity index (χ4n) is 1.86. The fourth-order valence-corrected chi connectivity index (χ4v) is 1.86. The minimum absolute atomic E-state index is 0.000414. The average Bonchev–Trinajstić information content (AvgIpc) is 2.82. The Labute approximate surface area is 99.2 Å². The third-order valence-electron chi connectivity index (χ3n) is 2.80. The summed E-state index contributed by atoms with van der Waals surface area (Å²) in [5.41, 5.74) is 0.000414. The largest absolute Gasteiger partial charge is 0.507 e. The number of carbonyl (C=O) groups excluding carboxylic acids is 1. The molecule has 4 heteroatoms. The molecule has 0 aromatic heterocycles. The van der Waals surface area contributed by atoms with Crippen LogP contribution in [0, 0.1) is 5.82 Å². The van der Waals surface area contributed by atoms with Gasteiger partial charge in [-0.2, -0.15) is 0 Å². The third kappa shape index (κ3) is 2.84. The average molecular weight is 235 g/mol. The smallest absolute Gasteiger partial charge is 0.191 e. The van der Waals surface area contributed by atoms with Gasteiger partial charge < -0.3 is 10.0 Å². The maximum absolute atomic E-state index is 13.0. The molecule has 0 spiro atoms. The van der Waals surface area contributed by atoms with Crippen LogP contribution in [0.3, 0.4) is 0 Å². The lowest BCUT2D eigenvalue weighted by atomic mass is 10.1. The molecule has 0 amide bonds. The first-order valence-electron chi connectivity index (χ1n) is 5.62. The van der Waals surface area contributed by atoms with Gasteiger partial charge in [0.25, 0.3) is 0 Å². The van der Waals surface area contributed by atoms with E-state index >= 15 is 0 Å². The van der Waals surface area contributed by atoms with Crippen molar-refractivity contribution in [2.45, 2.75) is 12.8 Å². The Bertz CT molecular complexity index is 451. The number of phenolic OH excluding ortho intramolecular Hbond substituents is 1. The van der Waals surface area contributed by atoms with E-state index in [1.165, 1.54) is 12.1 Å². The zero-order valence-electron chi connectivity index (χ0n) is 9.40. The molecule has 0 aliphatic carbocycles. The van der Waals surface area contributed by atoms with Gasteiger partial charge in [-0.15, -0.1) is 0 Å². The van der Waals surface area contributed by atoms with Gasteiger partial charge in [-0.25, -0.2) is 4.39 Å². The molecule has 1 aliphatic rings. The summed E-state index contributed by atoms with van der Waals surface area (Å²) in [7, 11) is 0. The highest BCUT2D eigenvalue weighted by Gasteiger charge is 2.11. The summed E-state index contributed by atoms with van der Waals surface area (Å²) < 4.78 is 13.0. The number of halogens is 1. The van der Waals surface area contributed by atoms with Crippen LogP contribution >= 0.6 is 0 Å². The van der Waals surface area contributed by atoms with Gasteiger partial charge in [0.2, 0.25) is 0 Å². The molecule has 0 radical (unpaired) electrons. The van der Waals surface area contributed by atoms with E-state index in [-0.39, 0.29) is 17.1 Å². The lowest BCUT2D eigenvalue weighted by Crippen LogP contribution is -2.11. The van der Waals surface area contributed by atoms with E-state index in [1.807, 2.05) is 4.90 Å². The molecule has 0 bridgehead atoms. The van der Waals surface area contributed by atoms with Crippen molar-refractivity contribution in [3.63, 3.8) is 0 Å². The molecule has 17 heavy (non-hydrogen) atoms. The molecule has 0 unspecified atom stereocenters. The highest BCUT2D eigenvalue weighted by molar-refractivity contribution is 6.06. The first-order chi connectivity index (χ1) is 8.16. The van der Waals surface area contributed by atoms with Crippen molar-refractivity contribution in [2.24, 2.45) is 0 Å². The van der Waals surface area contributed by atoms with Crippen molar-refractivity contribution >= 4 is 5.78 Å². The Hall–Kier alpha value is -1.84. The number of hydrogen-bond acceptors (Lipinski definition) is 3. The Balaban J connectivity index is 2.10. The molecular formula is C13H14FNO2. The Kier molecular flexibility index (Phi) is 3.42. The van der Waals surface area contributed by atoms with Crippen LogP contribution in [-0.4, -0.2) is 28.9 Å². The molecule has 1 aromatic rings. The van der Waals surface area contributed by atoms with E-state index in [1.54, 1.807) is 6.20 Å². The maximum atomic E-state index is 13.0. The van der Waals surface area contributed by atoms with Crippen molar-refractivity contribution in [2.75, 3.05) is 13.1 Å². The van der Waals surface area contributed by atoms with Crippen molar-refractivity contribution in [3.8, 4) is 5.75 Å². The van der Waals surface area contributed by atoms with Crippen LogP contribution in [0.25, 0.3) is 0 Å². The van der Waals surface area contributed by atoms with E-state index in [0.29, 0.717) is 0 Å². The number of likely N-dealkylation sites (tertiary alicyclic amines) is 1. The monoisotopic (exact) mass is 235 g/mol. The molecule has 1 saturated heterocycles. The van der Waals surface area contributed by atoms with Gasteiger partial charge in [0.1, 0.15) is 11.6 Å². The van der Waals surface area contributed by atoms with E-state index in [2.05, 4.69) is 0 Å². The van der Waals surface area contributed by atoms with E-state index in [4.69, 9.17) is 0 Å². The quantitative estimate of drug-likeness (QED) is 0.645. The molecule has 1 heterocycles. The van der Waals surface area contributed by atoms with E-state index < -0.39 is 5.82 Å². The first kappa shape index (κ1) is 11.6. The molecule has 2 rings (SSSR count). The summed E-state index contributed by atoms with van der Waals surface area (Å²) in [4.78, 5) is 13.8. The molecule has 0 saturated carbocycles. The summed E-state index contributed by atoms with van der Waals surface area (Å²) in [6.07, 6.45) is 5.34. The standard InChI is InChI=1S/C13H14FNO2/c14-10-3-4-12(16)11(9-10)13(17)5-8-15-6-1-2-7-15/h3-5,8-9,16H,1-2,6-7H2/b8-5+.